The summed E-state index contributed by atoms with van der Waals surface area (Å²) < 4.78 is 18.8. The minimum Gasteiger partial charge on any atom is -0.379 e. The first kappa shape index (κ1) is 15.0. The van der Waals surface area contributed by atoms with Crippen LogP contribution >= 0.6 is 0 Å². The lowest BCUT2D eigenvalue weighted by Gasteiger charge is -2.33. The molecule has 1 aromatic carbocycles. The molecule has 1 aromatic rings. The zero-order valence-electron chi connectivity index (χ0n) is 12.9. The number of benzene rings is 1. The van der Waals surface area contributed by atoms with Crippen molar-refractivity contribution in [3.63, 3.8) is 0 Å². The van der Waals surface area contributed by atoms with Gasteiger partial charge in [-0.05, 0) is 43.5 Å². The molecule has 0 amide bonds. The Hall–Kier alpha value is -0.930. The smallest absolute Gasteiger partial charge is 0.123 e. The number of hydrogen-bond donors (Lipinski definition) is 0. The van der Waals surface area contributed by atoms with Gasteiger partial charge in [-0.2, -0.15) is 0 Å². The Morgan fingerprint density at radius 3 is 2.52 bits per heavy atom. The SMILES string of the molecule is CN(CC1CCCCC1)[C@@H]1COC[C@H]1c1ccc(F)cc1. The van der Waals surface area contributed by atoms with Crippen LogP contribution in [0.3, 0.4) is 0 Å². The quantitative estimate of drug-likeness (QED) is 0.836. The molecule has 2 atom stereocenters. The maximum atomic E-state index is 13.1. The maximum Gasteiger partial charge on any atom is 0.123 e. The molecule has 1 aliphatic carbocycles. The molecule has 3 rings (SSSR count). The van der Waals surface area contributed by atoms with E-state index in [0.29, 0.717) is 12.0 Å². The van der Waals surface area contributed by atoms with Crippen LogP contribution in [-0.2, 0) is 4.74 Å². The number of nitrogens with zero attached hydrogens (tertiary/aromatic N) is 1. The fourth-order valence-corrected chi connectivity index (χ4v) is 3.92. The van der Waals surface area contributed by atoms with Gasteiger partial charge in [0, 0.05) is 18.5 Å². The van der Waals surface area contributed by atoms with Gasteiger partial charge in [-0.1, -0.05) is 31.4 Å². The highest BCUT2D eigenvalue weighted by Crippen LogP contribution is 2.31. The maximum absolute atomic E-state index is 13.1. The summed E-state index contributed by atoms with van der Waals surface area (Å²) in [6.07, 6.45) is 6.94. The number of ether oxygens (including phenoxy) is 1. The summed E-state index contributed by atoms with van der Waals surface area (Å²) in [6, 6.07) is 7.38. The third-order valence-electron chi connectivity index (χ3n) is 5.19. The predicted molar refractivity (Wildman–Crippen MR) is 83.0 cm³/mol. The minimum atomic E-state index is -0.162. The Morgan fingerprint density at radius 2 is 1.81 bits per heavy atom. The number of likely N-dealkylation sites (N-methyl/N-ethyl adjacent to an activating group) is 1. The molecule has 2 fully saturated rings. The van der Waals surface area contributed by atoms with Gasteiger partial charge in [0.25, 0.3) is 0 Å². The van der Waals surface area contributed by atoms with E-state index >= 15 is 0 Å². The molecule has 0 bridgehead atoms. The summed E-state index contributed by atoms with van der Waals surface area (Å²) in [6.45, 7) is 2.72. The van der Waals surface area contributed by atoms with Crippen LogP contribution in [0.25, 0.3) is 0 Å². The molecule has 1 aliphatic heterocycles. The van der Waals surface area contributed by atoms with Crippen LogP contribution in [-0.4, -0.2) is 37.7 Å². The van der Waals surface area contributed by atoms with Gasteiger partial charge in [-0.3, -0.25) is 0 Å². The van der Waals surface area contributed by atoms with Crippen LogP contribution in [0.1, 0.15) is 43.6 Å². The monoisotopic (exact) mass is 291 g/mol. The molecule has 1 saturated carbocycles. The number of rotatable bonds is 4. The van der Waals surface area contributed by atoms with Gasteiger partial charge in [-0.15, -0.1) is 0 Å². The van der Waals surface area contributed by atoms with E-state index in [2.05, 4.69) is 11.9 Å². The van der Waals surface area contributed by atoms with Crippen LogP contribution in [0.2, 0.25) is 0 Å². The zero-order valence-corrected chi connectivity index (χ0v) is 12.9. The molecule has 1 heterocycles. The summed E-state index contributed by atoms with van der Waals surface area (Å²) in [5, 5.41) is 0. The third-order valence-corrected chi connectivity index (χ3v) is 5.19. The average molecular weight is 291 g/mol. The van der Waals surface area contributed by atoms with Crippen LogP contribution < -0.4 is 0 Å². The van der Waals surface area contributed by atoms with Crippen molar-refractivity contribution in [3.05, 3.63) is 35.6 Å². The van der Waals surface area contributed by atoms with Crippen molar-refractivity contribution in [3.8, 4) is 0 Å². The van der Waals surface area contributed by atoms with Crippen LogP contribution in [0, 0.1) is 11.7 Å². The molecule has 0 aromatic heterocycles. The second-order valence-corrected chi connectivity index (χ2v) is 6.71. The van der Waals surface area contributed by atoms with Crippen molar-refractivity contribution in [2.24, 2.45) is 5.92 Å². The van der Waals surface area contributed by atoms with E-state index < -0.39 is 0 Å². The minimum absolute atomic E-state index is 0.162. The highest BCUT2D eigenvalue weighted by molar-refractivity contribution is 5.23. The van der Waals surface area contributed by atoms with Gasteiger partial charge in [0.2, 0.25) is 0 Å². The van der Waals surface area contributed by atoms with E-state index in [1.165, 1.54) is 44.2 Å². The molecule has 3 heteroatoms. The molecule has 116 valence electrons. The van der Waals surface area contributed by atoms with Gasteiger partial charge < -0.3 is 9.64 Å². The Bertz CT molecular complexity index is 441. The van der Waals surface area contributed by atoms with Gasteiger partial charge in [-0.25, -0.2) is 4.39 Å². The Kier molecular flexibility index (Phi) is 4.91. The second kappa shape index (κ2) is 6.89. The topological polar surface area (TPSA) is 12.5 Å². The van der Waals surface area contributed by atoms with Gasteiger partial charge >= 0.3 is 0 Å². The largest absolute Gasteiger partial charge is 0.379 e. The van der Waals surface area contributed by atoms with Crippen molar-refractivity contribution in [2.75, 3.05) is 26.8 Å². The zero-order chi connectivity index (χ0) is 14.7. The molecular formula is C18H26FNO. The Labute approximate surface area is 127 Å². The molecule has 0 N–H and O–H groups in total. The van der Waals surface area contributed by atoms with E-state index in [1.807, 2.05) is 12.1 Å². The van der Waals surface area contributed by atoms with Crippen molar-refractivity contribution >= 4 is 0 Å². The Morgan fingerprint density at radius 1 is 1.10 bits per heavy atom. The van der Waals surface area contributed by atoms with Crippen molar-refractivity contribution in [1.29, 1.82) is 0 Å². The molecule has 0 spiro atoms. The first-order valence-corrected chi connectivity index (χ1v) is 8.27. The lowest BCUT2D eigenvalue weighted by Crippen LogP contribution is -2.39. The number of hydrogen-bond acceptors (Lipinski definition) is 2. The average Bonchev–Trinajstić information content (AvgIpc) is 2.98. The second-order valence-electron chi connectivity index (χ2n) is 6.71. The van der Waals surface area contributed by atoms with Gasteiger partial charge in [0.05, 0.1) is 13.2 Å². The van der Waals surface area contributed by atoms with Crippen LogP contribution in [0.5, 0.6) is 0 Å². The standard InChI is InChI=1S/C18H26FNO/c1-20(11-14-5-3-2-4-6-14)18-13-21-12-17(18)15-7-9-16(19)10-8-15/h7-10,14,17-18H,2-6,11-13H2,1H3/t17-,18+/m0/s1. The van der Waals surface area contributed by atoms with Crippen molar-refractivity contribution < 1.29 is 9.13 Å². The predicted octanol–water partition coefficient (Wildman–Crippen LogP) is 3.82. The van der Waals surface area contributed by atoms with E-state index in [4.69, 9.17) is 4.74 Å². The lowest BCUT2D eigenvalue weighted by molar-refractivity contribution is 0.140. The lowest BCUT2D eigenvalue weighted by atomic mass is 9.87. The van der Waals surface area contributed by atoms with Crippen molar-refractivity contribution in [1.82, 2.24) is 4.90 Å². The first-order valence-electron chi connectivity index (χ1n) is 8.27. The van der Waals surface area contributed by atoms with Crippen LogP contribution in [0.15, 0.2) is 24.3 Å². The van der Waals surface area contributed by atoms with E-state index in [-0.39, 0.29) is 5.82 Å². The third kappa shape index (κ3) is 3.64. The highest BCUT2D eigenvalue weighted by atomic mass is 19.1. The fraction of sp³-hybridized carbons (Fsp3) is 0.667. The summed E-state index contributed by atoms with van der Waals surface area (Å²) in [5.41, 5.74) is 1.20. The number of halogens is 1. The van der Waals surface area contributed by atoms with Crippen molar-refractivity contribution in [2.45, 2.75) is 44.1 Å². The molecular weight excluding hydrogens is 265 g/mol. The van der Waals surface area contributed by atoms with Gasteiger partial charge in [0.15, 0.2) is 0 Å². The Balaban J connectivity index is 1.63. The van der Waals surface area contributed by atoms with E-state index in [0.717, 1.165) is 19.1 Å². The van der Waals surface area contributed by atoms with Crippen LogP contribution in [0.4, 0.5) is 4.39 Å². The van der Waals surface area contributed by atoms with E-state index in [9.17, 15) is 4.39 Å². The first-order chi connectivity index (χ1) is 10.2. The molecule has 0 radical (unpaired) electrons. The summed E-state index contributed by atoms with van der Waals surface area (Å²) in [4.78, 5) is 2.48. The summed E-state index contributed by atoms with van der Waals surface area (Å²) in [7, 11) is 2.23. The highest BCUT2D eigenvalue weighted by Gasteiger charge is 2.33. The molecule has 1 saturated heterocycles. The molecule has 2 nitrogen and oxygen atoms in total. The molecule has 2 aliphatic rings. The molecule has 0 unspecified atom stereocenters. The molecule has 21 heavy (non-hydrogen) atoms. The summed E-state index contributed by atoms with van der Waals surface area (Å²) in [5.74, 6) is 1.06. The summed E-state index contributed by atoms with van der Waals surface area (Å²) >= 11 is 0. The fourth-order valence-electron chi connectivity index (χ4n) is 3.92. The van der Waals surface area contributed by atoms with E-state index in [1.54, 1.807) is 12.1 Å². The normalized spacial score (nSPS) is 27.4. The van der Waals surface area contributed by atoms with Gasteiger partial charge in [0.1, 0.15) is 5.82 Å².